The van der Waals surface area contributed by atoms with E-state index in [2.05, 4.69) is 28.1 Å². The molecule has 7 nitrogen and oxygen atoms in total. The van der Waals surface area contributed by atoms with Gasteiger partial charge in [0.05, 0.1) is 24.0 Å². The zero-order valence-electron chi connectivity index (χ0n) is 22.7. The van der Waals surface area contributed by atoms with Crippen LogP contribution >= 0.6 is 23.5 Å². The van der Waals surface area contributed by atoms with Gasteiger partial charge < -0.3 is 25.8 Å². The lowest BCUT2D eigenvalue weighted by Gasteiger charge is -2.32. The largest absolute Gasteiger partial charge is 0.507 e. The van der Waals surface area contributed by atoms with Gasteiger partial charge in [0.25, 0.3) is 5.91 Å². The topological polar surface area (TPSA) is 99.7 Å². The maximum atomic E-state index is 13.4. The number of nitrogens with one attached hydrogen (secondary N) is 3. The minimum absolute atomic E-state index is 0.00649. The standard InChI is InChI=1S/C30H41N3O4S2/c1-37-23-13-11-21(12-14-23)17-27(39-20-22-7-3-2-4-8-22)25(33-30(36)28-19-31-15-16-38-28)18-32-29(35)24-9-5-6-10-26(24)34/h5-6,9-14,22,25,27-28,31,34H,2-4,7-8,15-20H2,1H3,(H,32,35)(H,33,36)/t25?,27?,28-/m1/s1. The Hall–Kier alpha value is -2.36. The monoisotopic (exact) mass is 571 g/mol. The van der Waals surface area contributed by atoms with Gasteiger partial charge in [-0.1, -0.05) is 43.5 Å². The zero-order valence-corrected chi connectivity index (χ0v) is 24.3. The minimum Gasteiger partial charge on any atom is -0.507 e. The molecule has 1 aliphatic heterocycles. The van der Waals surface area contributed by atoms with Crippen LogP contribution in [-0.4, -0.2) is 71.7 Å². The number of aromatic hydroxyl groups is 1. The summed E-state index contributed by atoms with van der Waals surface area (Å²) < 4.78 is 5.35. The SMILES string of the molecule is COc1ccc(CC(SCC2CCCCC2)C(CNC(=O)c2ccccc2O)NC(=O)[C@H]2CNCCS2)cc1. The van der Waals surface area contributed by atoms with Gasteiger partial charge in [0.15, 0.2) is 0 Å². The number of carbonyl (C=O) groups is 2. The van der Waals surface area contributed by atoms with Gasteiger partial charge in [-0.05, 0) is 60.8 Å². The quantitative estimate of drug-likeness (QED) is 0.302. The van der Waals surface area contributed by atoms with Crippen LogP contribution in [0.2, 0.25) is 0 Å². The molecule has 212 valence electrons. The van der Waals surface area contributed by atoms with Crippen LogP contribution in [0.3, 0.4) is 0 Å². The molecule has 2 aromatic rings. The second kappa shape index (κ2) is 15.4. The molecule has 4 rings (SSSR count). The maximum Gasteiger partial charge on any atom is 0.255 e. The number of phenols is 1. The summed E-state index contributed by atoms with van der Waals surface area (Å²) in [5, 5.41) is 19.7. The van der Waals surface area contributed by atoms with Crippen molar-refractivity contribution in [1.29, 1.82) is 0 Å². The summed E-state index contributed by atoms with van der Waals surface area (Å²) in [7, 11) is 1.66. The molecule has 2 aliphatic rings. The Labute approximate surface area is 240 Å². The average Bonchev–Trinajstić information content (AvgIpc) is 2.98. The lowest BCUT2D eigenvalue weighted by atomic mass is 9.91. The van der Waals surface area contributed by atoms with Gasteiger partial charge in [-0.3, -0.25) is 9.59 Å². The van der Waals surface area contributed by atoms with Gasteiger partial charge in [-0.2, -0.15) is 11.8 Å². The third kappa shape index (κ3) is 9.08. The first kappa shape index (κ1) is 29.6. The summed E-state index contributed by atoms with van der Waals surface area (Å²) in [5.41, 5.74) is 1.40. The number of rotatable bonds is 12. The van der Waals surface area contributed by atoms with Gasteiger partial charge >= 0.3 is 0 Å². The smallest absolute Gasteiger partial charge is 0.255 e. The number of para-hydroxylation sites is 1. The number of hydrogen-bond donors (Lipinski definition) is 4. The third-order valence-electron chi connectivity index (χ3n) is 7.49. The fraction of sp³-hybridized carbons (Fsp3) is 0.533. The van der Waals surface area contributed by atoms with Gasteiger partial charge in [-0.15, -0.1) is 11.8 Å². The van der Waals surface area contributed by atoms with Crippen LogP contribution in [0.4, 0.5) is 0 Å². The molecule has 4 N–H and O–H groups in total. The zero-order chi connectivity index (χ0) is 27.5. The van der Waals surface area contributed by atoms with E-state index in [1.165, 1.54) is 38.2 Å². The van der Waals surface area contributed by atoms with Crippen molar-refractivity contribution in [2.75, 3.05) is 38.2 Å². The number of carbonyl (C=O) groups excluding carboxylic acids is 2. The van der Waals surface area contributed by atoms with Crippen LogP contribution in [0.1, 0.15) is 48.0 Å². The highest BCUT2D eigenvalue weighted by molar-refractivity contribution is 8.00. The van der Waals surface area contributed by atoms with Crippen LogP contribution in [0.5, 0.6) is 11.5 Å². The second-order valence-corrected chi connectivity index (χ2v) is 12.9. The van der Waals surface area contributed by atoms with Crippen LogP contribution in [0, 0.1) is 5.92 Å². The Morgan fingerprint density at radius 1 is 1.13 bits per heavy atom. The third-order valence-corrected chi connectivity index (χ3v) is 10.3. The van der Waals surface area contributed by atoms with Crippen LogP contribution in [-0.2, 0) is 11.2 Å². The normalized spacial score (nSPS) is 19.6. The molecule has 0 aromatic heterocycles. The van der Waals surface area contributed by atoms with E-state index < -0.39 is 0 Å². The average molecular weight is 572 g/mol. The van der Waals surface area contributed by atoms with Crippen LogP contribution in [0.25, 0.3) is 0 Å². The number of ether oxygens (including phenoxy) is 1. The molecular formula is C30H41N3O4S2. The molecule has 1 saturated carbocycles. The molecule has 9 heteroatoms. The van der Waals surface area contributed by atoms with Crippen molar-refractivity contribution < 1.29 is 19.4 Å². The van der Waals surface area contributed by atoms with E-state index in [0.717, 1.165) is 35.8 Å². The summed E-state index contributed by atoms with van der Waals surface area (Å²) in [4.78, 5) is 26.4. The molecule has 0 spiro atoms. The lowest BCUT2D eigenvalue weighted by Crippen LogP contribution is -2.54. The Bertz CT molecular complexity index is 1060. The van der Waals surface area contributed by atoms with Crippen molar-refractivity contribution in [3.05, 3.63) is 59.7 Å². The molecule has 2 amide bonds. The van der Waals surface area contributed by atoms with Gasteiger partial charge in [0, 0.05) is 30.6 Å². The first-order valence-corrected chi connectivity index (χ1v) is 16.1. The summed E-state index contributed by atoms with van der Waals surface area (Å²) in [6.07, 6.45) is 7.17. The van der Waals surface area contributed by atoms with E-state index in [9.17, 15) is 14.7 Å². The summed E-state index contributed by atoms with van der Waals surface area (Å²) >= 11 is 3.59. The fourth-order valence-corrected chi connectivity index (χ4v) is 7.73. The van der Waals surface area contributed by atoms with Crippen LogP contribution < -0.4 is 20.7 Å². The van der Waals surface area contributed by atoms with Gasteiger partial charge in [0.2, 0.25) is 5.91 Å². The Kier molecular flexibility index (Phi) is 11.7. The Morgan fingerprint density at radius 2 is 1.90 bits per heavy atom. The highest BCUT2D eigenvalue weighted by atomic mass is 32.2. The highest BCUT2D eigenvalue weighted by Gasteiger charge is 2.30. The van der Waals surface area contributed by atoms with E-state index in [1.54, 1.807) is 37.1 Å². The van der Waals surface area contributed by atoms with Gasteiger partial charge in [-0.25, -0.2) is 0 Å². The predicted molar refractivity (Wildman–Crippen MR) is 161 cm³/mol. The molecule has 1 saturated heterocycles. The number of amides is 2. The Morgan fingerprint density at radius 3 is 2.59 bits per heavy atom. The van der Waals surface area contributed by atoms with E-state index >= 15 is 0 Å². The molecular weight excluding hydrogens is 530 g/mol. The minimum atomic E-state index is -0.346. The molecule has 0 bridgehead atoms. The number of phenolic OH excluding ortho intramolecular Hbond substituents is 1. The van der Waals surface area contributed by atoms with E-state index in [0.29, 0.717) is 12.5 Å². The number of thioether (sulfide) groups is 2. The van der Waals surface area contributed by atoms with E-state index in [1.807, 2.05) is 23.9 Å². The first-order valence-electron chi connectivity index (χ1n) is 14.0. The molecule has 2 unspecified atom stereocenters. The summed E-state index contributed by atoms with van der Waals surface area (Å²) in [6.45, 7) is 1.83. The van der Waals surface area contributed by atoms with E-state index in [4.69, 9.17) is 4.74 Å². The molecule has 2 aromatic carbocycles. The molecule has 39 heavy (non-hydrogen) atoms. The number of hydrogen-bond acceptors (Lipinski definition) is 7. The lowest BCUT2D eigenvalue weighted by molar-refractivity contribution is -0.121. The van der Waals surface area contributed by atoms with Gasteiger partial charge in [0.1, 0.15) is 11.5 Å². The van der Waals surface area contributed by atoms with Crippen molar-refractivity contribution in [2.24, 2.45) is 5.92 Å². The summed E-state index contributed by atoms with van der Waals surface area (Å²) in [5.74, 6) is 3.05. The first-order chi connectivity index (χ1) is 19.0. The van der Waals surface area contributed by atoms with Crippen LogP contribution in [0.15, 0.2) is 48.5 Å². The van der Waals surface area contributed by atoms with Crippen molar-refractivity contribution in [3.8, 4) is 11.5 Å². The fourth-order valence-electron chi connectivity index (χ4n) is 5.17. The second-order valence-electron chi connectivity index (χ2n) is 10.3. The molecule has 1 heterocycles. The molecule has 2 fully saturated rings. The highest BCUT2D eigenvalue weighted by Crippen LogP contribution is 2.31. The van der Waals surface area contributed by atoms with Crippen molar-refractivity contribution >= 4 is 35.3 Å². The Balaban J connectivity index is 1.53. The molecule has 0 radical (unpaired) electrons. The predicted octanol–water partition coefficient (Wildman–Crippen LogP) is 4.25. The molecule has 1 aliphatic carbocycles. The summed E-state index contributed by atoms with van der Waals surface area (Å²) in [6, 6.07) is 14.4. The number of methoxy groups -OCH3 is 1. The number of benzene rings is 2. The van der Waals surface area contributed by atoms with E-state index in [-0.39, 0.29) is 46.2 Å². The van der Waals surface area contributed by atoms with Crippen molar-refractivity contribution in [2.45, 2.75) is 55.1 Å². The maximum absolute atomic E-state index is 13.4. The van der Waals surface area contributed by atoms with Crippen molar-refractivity contribution in [3.63, 3.8) is 0 Å². The van der Waals surface area contributed by atoms with Crippen molar-refractivity contribution in [1.82, 2.24) is 16.0 Å². The molecule has 3 atom stereocenters.